The Morgan fingerprint density at radius 2 is 1.45 bits per heavy atom. The van der Waals surface area contributed by atoms with Gasteiger partial charge < -0.3 is 20.0 Å². The molecule has 1 amide bonds. The first-order valence-corrected chi connectivity index (χ1v) is 10.5. The van der Waals surface area contributed by atoms with Crippen molar-refractivity contribution in [3.8, 4) is 0 Å². The van der Waals surface area contributed by atoms with Crippen LogP contribution in [0.2, 0.25) is 0 Å². The van der Waals surface area contributed by atoms with Crippen molar-refractivity contribution in [3.63, 3.8) is 0 Å². The highest BCUT2D eigenvalue weighted by molar-refractivity contribution is 6.27. The van der Waals surface area contributed by atoms with Crippen molar-refractivity contribution in [2.24, 2.45) is 5.92 Å². The number of benzene rings is 1. The van der Waals surface area contributed by atoms with E-state index in [1.54, 1.807) is 0 Å². The molecule has 160 valence electrons. The topological polar surface area (TPSA) is 98.2 Å². The number of piperidine rings is 2. The van der Waals surface area contributed by atoms with Gasteiger partial charge in [0.05, 0.1) is 0 Å². The monoisotopic (exact) mass is 404 g/mol. The fourth-order valence-corrected chi connectivity index (χ4v) is 3.93. The molecule has 0 aromatic heterocycles. The van der Waals surface area contributed by atoms with E-state index in [-0.39, 0.29) is 0 Å². The van der Waals surface area contributed by atoms with Crippen LogP contribution in [0.25, 0.3) is 0 Å². The van der Waals surface area contributed by atoms with Crippen LogP contribution in [0.3, 0.4) is 0 Å². The fraction of sp³-hybridized carbons (Fsp3) is 0.591. The van der Waals surface area contributed by atoms with Crippen LogP contribution in [0.4, 0.5) is 0 Å². The maximum Gasteiger partial charge on any atom is 0.414 e. The Bertz CT molecular complexity index is 638. The zero-order valence-corrected chi connectivity index (χ0v) is 17.0. The van der Waals surface area contributed by atoms with Crippen molar-refractivity contribution < 1.29 is 24.6 Å². The normalized spacial score (nSPS) is 17.9. The van der Waals surface area contributed by atoms with E-state index in [1.165, 1.54) is 37.8 Å². The van der Waals surface area contributed by atoms with E-state index in [4.69, 9.17) is 19.8 Å². The third-order valence-corrected chi connectivity index (χ3v) is 5.57. The van der Waals surface area contributed by atoms with Gasteiger partial charge in [0.1, 0.15) is 0 Å². The maximum atomic E-state index is 12.6. The summed E-state index contributed by atoms with van der Waals surface area (Å²) in [6.07, 6.45) is 8.18. The van der Waals surface area contributed by atoms with Gasteiger partial charge in [-0.2, -0.15) is 0 Å². The number of hydrogen-bond donors (Lipinski definition) is 2. The zero-order valence-electron chi connectivity index (χ0n) is 17.0. The van der Waals surface area contributed by atoms with Gasteiger partial charge in [-0.1, -0.05) is 30.3 Å². The second-order valence-electron chi connectivity index (χ2n) is 7.70. The standard InChI is InChI=1S/C20H30N2O.C2H2O4/c23-20(22-14-5-2-6-15-22)19-11-16-21(17-12-19)13-7-10-18-8-3-1-4-9-18;3-1(4)2(5)6/h1,3-4,8-9,19H,2,5-7,10-17H2;(H,3,4)(H,5,6). The summed E-state index contributed by atoms with van der Waals surface area (Å²) in [5, 5.41) is 14.8. The number of amides is 1. The molecule has 0 unspecified atom stereocenters. The molecule has 29 heavy (non-hydrogen) atoms. The smallest absolute Gasteiger partial charge is 0.414 e. The van der Waals surface area contributed by atoms with Crippen LogP contribution in [0.1, 0.15) is 44.1 Å². The van der Waals surface area contributed by atoms with Crippen LogP contribution in [-0.4, -0.2) is 70.6 Å². The second-order valence-corrected chi connectivity index (χ2v) is 7.70. The van der Waals surface area contributed by atoms with Gasteiger partial charge in [-0.25, -0.2) is 9.59 Å². The van der Waals surface area contributed by atoms with Crippen molar-refractivity contribution in [1.29, 1.82) is 0 Å². The van der Waals surface area contributed by atoms with E-state index in [2.05, 4.69) is 40.1 Å². The number of carbonyl (C=O) groups excluding carboxylic acids is 1. The van der Waals surface area contributed by atoms with Crippen molar-refractivity contribution in [1.82, 2.24) is 9.80 Å². The molecule has 1 aromatic rings. The molecule has 3 rings (SSSR count). The van der Waals surface area contributed by atoms with E-state index in [1.807, 2.05) is 0 Å². The summed E-state index contributed by atoms with van der Waals surface area (Å²) in [5.74, 6) is -2.92. The van der Waals surface area contributed by atoms with Crippen molar-refractivity contribution in [3.05, 3.63) is 35.9 Å². The summed E-state index contributed by atoms with van der Waals surface area (Å²) in [4.78, 5) is 35.4. The van der Waals surface area contributed by atoms with Crippen LogP contribution >= 0.6 is 0 Å². The molecular formula is C22H32N2O5. The molecule has 2 aliphatic heterocycles. The Hall–Kier alpha value is -2.41. The molecule has 2 saturated heterocycles. The van der Waals surface area contributed by atoms with Gasteiger partial charge in [-0.3, -0.25) is 4.79 Å². The zero-order chi connectivity index (χ0) is 21.1. The SMILES string of the molecule is O=C(C1CCN(CCCc2ccccc2)CC1)N1CCCCC1.O=C(O)C(=O)O. The minimum atomic E-state index is -1.82. The number of carbonyl (C=O) groups is 3. The Balaban J connectivity index is 0.000000438. The number of hydrogen-bond acceptors (Lipinski definition) is 4. The number of carboxylic acid groups (broad SMARTS) is 2. The number of nitrogens with zero attached hydrogens (tertiary/aromatic N) is 2. The first kappa shape index (κ1) is 22.9. The third kappa shape index (κ3) is 8.23. The molecule has 0 aliphatic carbocycles. The fourth-order valence-electron chi connectivity index (χ4n) is 3.93. The number of likely N-dealkylation sites (tertiary alicyclic amines) is 2. The lowest BCUT2D eigenvalue weighted by Gasteiger charge is -2.35. The van der Waals surface area contributed by atoms with Gasteiger partial charge >= 0.3 is 11.9 Å². The highest BCUT2D eigenvalue weighted by Gasteiger charge is 2.28. The molecule has 0 bridgehead atoms. The van der Waals surface area contributed by atoms with E-state index in [0.29, 0.717) is 11.8 Å². The van der Waals surface area contributed by atoms with Gasteiger partial charge in [0.2, 0.25) is 5.91 Å². The summed E-state index contributed by atoms with van der Waals surface area (Å²) in [6, 6.07) is 10.7. The minimum Gasteiger partial charge on any atom is -0.473 e. The number of aryl methyl sites for hydroxylation is 1. The summed E-state index contributed by atoms with van der Waals surface area (Å²) >= 11 is 0. The molecule has 7 nitrogen and oxygen atoms in total. The van der Waals surface area contributed by atoms with Gasteiger partial charge in [-0.05, 0) is 70.1 Å². The molecule has 2 aliphatic rings. The van der Waals surface area contributed by atoms with Crippen LogP contribution in [0.5, 0.6) is 0 Å². The lowest BCUT2D eigenvalue weighted by Crippen LogP contribution is -2.44. The number of carboxylic acids is 2. The van der Waals surface area contributed by atoms with Gasteiger partial charge in [0, 0.05) is 19.0 Å². The van der Waals surface area contributed by atoms with E-state index >= 15 is 0 Å². The predicted octanol–water partition coefficient (Wildman–Crippen LogP) is 2.50. The van der Waals surface area contributed by atoms with Crippen molar-refractivity contribution >= 4 is 17.8 Å². The lowest BCUT2D eigenvalue weighted by atomic mass is 9.94. The van der Waals surface area contributed by atoms with Crippen molar-refractivity contribution in [2.45, 2.75) is 44.9 Å². The lowest BCUT2D eigenvalue weighted by molar-refractivity contribution is -0.159. The molecule has 0 radical (unpaired) electrons. The van der Waals surface area contributed by atoms with E-state index < -0.39 is 11.9 Å². The molecular weight excluding hydrogens is 372 g/mol. The Morgan fingerprint density at radius 1 is 0.862 bits per heavy atom. The molecule has 2 N–H and O–H groups in total. The minimum absolute atomic E-state index is 0.290. The maximum absolute atomic E-state index is 12.6. The van der Waals surface area contributed by atoms with E-state index in [9.17, 15) is 4.79 Å². The first-order valence-electron chi connectivity index (χ1n) is 10.5. The molecule has 0 spiro atoms. The average Bonchev–Trinajstić information content (AvgIpc) is 2.75. The predicted molar refractivity (Wildman–Crippen MR) is 110 cm³/mol. The Morgan fingerprint density at radius 3 is 2.00 bits per heavy atom. The highest BCUT2D eigenvalue weighted by Crippen LogP contribution is 2.22. The molecule has 0 saturated carbocycles. The molecule has 0 atom stereocenters. The second kappa shape index (κ2) is 12.2. The molecule has 2 fully saturated rings. The van der Waals surface area contributed by atoms with Crippen molar-refractivity contribution in [2.75, 3.05) is 32.7 Å². The quantitative estimate of drug-likeness (QED) is 0.732. The average molecular weight is 405 g/mol. The highest BCUT2D eigenvalue weighted by atomic mass is 16.4. The molecule has 1 aromatic carbocycles. The van der Waals surface area contributed by atoms with Gasteiger partial charge in [0.15, 0.2) is 0 Å². The molecule has 7 heteroatoms. The van der Waals surface area contributed by atoms with Crippen LogP contribution in [0, 0.1) is 5.92 Å². The summed E-state index contributed by atoms with van der Waals surface area (Å²) in [6.45, 7) is 5.35. The number of aliphatic carboxylic acids is 2. The first-order chi connectivity index (χ1) is 14.0. The van der Waals surface area contributed by atoms with Crippen LogP contribution in [-0.2, 0) is 20.8 Å². The largest absolute Gasteiger partial charge is 0.473 e. The number of rotatable bonds is 5. The Labute approximate surface area is 172 Å². The van der Waals surface area contributed by atoms with Gasteiger partial charge in [0.25, 0.3) is 0 Å². The molecule has 2 heterocycles. The van der Waals surface area contributed by atoms with E-state index in [0.717, 1.165) is 45.4 Å². The van der Waals surface area contributed by atoms with Gasteiger partial charge in [-0.15, -0.1) is 0 Å². The van der Waals surface area contributed by atoms with Crippen LogP contribution in [0.15, 0.2) is 30.3 Å². The Kier molecular flexibility index (Phi) is 9.64. The summed E-state index contributed by atoms with van der Waals surface area (Å²) in [5.41, 5.74) is 1.43. The summed E-state index contributed by atoms with van der Waals surface area (Å²) in [7, 11) is 0. The van der Waals surface area contributed by atoms with Crippen LogP contribution < -0.4 is 0 Å². The third-order valence-electron chi connectivity index (χ3n) is 5.57. The summed E-state index contributed by atoms with van der Waals surface area (Å²) < 4.78 is 0.